The molecule has 0 amide bonds. The number of nitrogens with zero attached hydrogens (tertiary/aromatic N) is 1. The van der Waals surface area contributed by atoms with Gasteiger partial charge in [-0.25, -0.2) is 4.79 Å². The summed E-state index contributed by atoms with van der Waals surface area (Å²) in [7, 11) is 0. The van der Waals surface area contributed by atoms with Crippen LogP contribution in [0.4, 0.5) is 13.2 Å². The number of rotatable bonds is 4. The van der Waals surface area contributed by atoms with Gasteiger partial charge in [-0.05, 0) is 5.56 Å². The molecular weight excluding hydrogens is 295 g/mol. The molecule has 0 aliphatic rings. The first kappa shape index (κ1) is 14.4. The molecular formula is C12H8F3NO3S. The lowest BCUT2D eigenvalue weighted by Gasteiger charge is -2.00. The number of carboxylic acid groups (broad SMARTS) is 1. The van der Waals surface area contributed by atoms with Gasteiger partial charge in [-0.15, -0.1) is 0 Å². The third-order valence-electron chi connectivity index (χ3n) is 2.28. The number of halogens is 3. The number of oxazole rings is 1. The molecule has 0 radical (unpaired) electrons. The minimum atomic E-state index is -4.86. The molecule has 8 heteroatoms. The van der Waals surface area contributed by atoms with Gasteiger partial charge in [-0.1, -0.05) is 42.1 Å². The van der Waals surface area contributed by atoms with Crippen molar-refractivity contribution in [3.8, 4) is 0 Å². The van der Waals surface area contributed by atoms with E-state index in [1.807, 2.05) is 6.07 Å². The van der Waals surface area contributed by atoms with Gasteiger partial charge in [0.15, 0.2) is 5.69 Å². The first-order valence-electron chi connectivity index (χ1n) is 5.36. The topological polar surface area (TPSA) is 63.3 Å². The Bertz CT molecular complexity index is 610. The van der Waals surface area contributed by atoms with Crippen molar-refractivity contribution >= 4 is 17.7 Å². The van der Waals surface area contributed by atoms with Crippen molar-refractivity contribution in [1.29, 1.82) is 0 Å². The van der Waals surface area contributed by atoms with Gasteiger partial charge in [0.25, 0.3) is 5.22 Å². The zero-order chi connectivity index (χ0) is 14.8. The smallest absolute Gasteiger partial charge is 0.437 e. The van der Waals surface area contributed by atoms with E-state index in [1.54, 1.807) is 24.3 Å². The first-order chi connectivity index (χ1) is 9.38. The van der Waals surface area contributed by atoms with Crippen LogP contribution in [-0.2, 0) is 11.9 Å². The van der Waals surface area contributed by atoms with Gasteiger partial charge in [-0.3, -0.25) is 0 Å². The van der Waals surface area contributed by atoms with Gasteiger partial charge in [0, 0.05) is 5.75 Å². The Morgan fingerprint density at radius 2 is 1.95 bits per heavy atom. The Balaban J connectivity index is 2.19. The van der Waals surface area contributed by atoms with Crippen LogP contribution in [0.2, 0.25) is 0 Å². The summed E-state index contributed by atoms with van der Waals surface area (Å²) in [6.45, 7) is 0. The molecule has 0 aliphatic carbocycles. The molecule has 0 saturated carbocycles. The number of benzene rings is 1. The first-order valence-corrected chi connectivity index (χ1v) is 6.34. The van der Waals surface area contributed by atoms with Crippen LogP contribution >= 0.6 is 11.8 Å². The predicted molar refractivity (Wildman–Crippen MR) is 64.5 cm³/mol. The van der Waals surface area contributed by atoms with E-state index in [4.69, 9.17) is 5.11 Å². The van der Waals surface area contributed by atoms with Gasteiger partial charge >= 0.3 is 12.1 Å². The van der Waals surface area contributed by atoms with Crippen LogP contribution in [0.15, 0.2) is 40.0 Å². The van der Waals surface area contributed by atoms with E-state index < -0.39 is 23.6 Å². The SMILES string of the molecule is O=C(O)c1oc(SCc2ccccc2)nc1C(F)(F)F. The van der Waals surface area contributed by atoms with Gasteiger partial charge in [0.05, 0.1) is 0 Å². The normalized spacial score (nSPS) is 11.6. The van der Waals surface area contributed by atoms with Crippen LogP contribution in [0.5, 0.6) is 0 Å². The molecule has 20 heavy (non-hydrogen) atoms. The van der Waals surface area contributed by atoms with Crippen molar-refractivity contribution in [1.82, 2.24) is 4.98 Å². The zero-order valence-corrected chi connectivity index (χ0v) is 10.7. The van der Waals surface area contributed by atoms with Crippen LogP contribution in [0, 0.1) is 0 Å². The molecule has 4 nitrogen and oxygen atoms in total. The second-order valence-electron chi connectivity index (χ2n) is 3.73. The Kier molecular flexibility index (Phi) is 4.03. The van der Waals surface area contributed by atoms with Crippen molar-refractivity contribution in [2.75, 3.05) is 0 Å². The molecule has 0 aliphatic heterocycles. The summed E-state index contributed by atoms with van der Waals surface area (Å²) < 4.78 is 42.4. The van der Waals surface area contributed by atoms with E-state index in [-0.39, 0.29) is 5.22 Å². The molecule has 0 saturated heterocycles. The maximum absolute atomic E-state index is 12.6. The molecule has 0 bridgehead atoms. The molecule has 0 atom stereocenters. The second-order valence-corrected chi connectivity index (χ2v) is 4.66. The van der Waals surface area contributed by atoms with Gasteiger partial charge in [-0.2, -0.15) is 18.2 Å². The van der Waals surface area contributed by atoms with E-state index in [1.165, 1.54) is 0 Å². The molecule has 0 spiro atoms. The summed E-state index contributed by atoms with van der Waals surface area (Å²) >= 11 is 0.901. The molecule has 1 aromatic carbocycles. The van der Waals surface area contributed by atoms with E-state index in [2.05, 4.69) is 9.40 Å². The van der Waals surface area contributed by atoms with E-state index >= 15 is 0 Å². The Morgan fingerprint density at radius 1 is 1.30 bits per heavy atom. The number of aromatic nitrogens is 1. The van der Waals surface area contributed by atoms with Crippen molar-refractivity contribution in [2.24, 2.45) is 0 Å². The number of carbonyl (C=O) groups is 1. The summed E-state index contributed by atoms with van der Waals surface area (Å²) in [5.74, 6) is -2.65. The fraction of sp³-hybridized carbons (Fsp3) is 0.167. The van der Waals surface area contributed by atoms with Crippen LogP contribution in [0.3, 0.4) is 0 Å². The van der Waals surface area contributed by atoms with Crippen molar-refractivity contribution in [3.63, 3.8) is 0 Å². The lowest BCUT2D eigenvalue weighted by atomic mass is 10.2. The number of aromatic carboxylic acids is 1. The van der Waals surface area contributed by atoms with Crippen LogP contribution in [0.25, 0.3) is 0 Å². The molecule has 1 aromatic heterocycles. The number of carboxylic acids is 1. The Hall–Kier alpha value is -1.96. The second kappa shape index (κ2) is 5.58. The molecule has 1 heterocycles. The molecule has 2 rings (SSSR count). The molecule has 0 unspecified atom stereocenters. The molecule has 1 N–H and O–H groups in total. The minimum Gasteiger partial charge on any atom is -0.475 e. The highest BCUT2D eigenvalue weighted by atomic mass is 32.2. The molecule has 2 aromatic rings. The average molecular weight is 303 g/mol. The summed E-state index contributed by atoms with van der Waals surface area (Å²) in [6.07, 6.45) is -4.86. The summed E-state index contributed by atoms with van der Waals surface area (Å²) in [6, 6.07) is 8.96. The van der Waals surface area contributed by atoms with Crippen molar-refractivity contribution in [3.05, 3.63) is 47.3 Å². The Morgan fingerprint density at radius 3 is 2.45 bits per heavy atom. The lowest BCUT2D eigenvalue weighted by molar-refractivity contribution is -0.141. The predicted octanol–water partition coefficient (Wildman–Crippen LogP) is 3.68. The van der Waals surface area contributed by atoms with Crippen LogP contribution in [-0.4, -0.2) is 16.1 Å². The highest BCUT2D eigenvalue weighted by Crippen LogP contribution is 2.34. The highest BCUT2D eigenvalue weighted by molar-refractivity contribution is 7.98. The van der Waals surface area contributed by atoms with Gasteiger partial charge < -0.3 is 9.52 Å². The Labute approximate surface area is 115 Å². The van der Waals surface area contributed by atoms with Crippen molar-refractivity contribution in [2.45, 2.75) is 17.2 Å². The highest BCUT2D eigenvalue weighted by Gasteiger charge is 2.41. The maximum atomic E-state index is 12.6. The maximum Gasteiger partial charge on any atom is 0.437 e. The fourth-order valence-corrected chi connectivity index (χ4v) is 2.20. The lowest BCUT2D eigenvalue weighted by Crippen LogP contribution is -2.11. The number of thioether (sulfide) groups is 1. The third kappa shape index (κ3) is 3.32. The van der Waals surface area contributed by atoms with Gasteiger partial charge in [0.2, 0.25) is 5.76 Å². The largest absolute Gasteiger partial charge is 0.475 e. The van der Waals surface area contributed by atoms with E-state index in [0.29, 0.717) is 5.75 Å². The van der Waals surface area contributed by atoms with Gasteiger partial charge in [0.1, 0.15) is 0 Å². The van der Waals surface area contributed by atoms with E-state index in [9.17, 15) is 18.0 Å². The standard InChI is InChI=1S/C12H8F3NO3S/c13-12(14,15)9-8(10(17)18)19-11(16-9)20-6-7-4-2-1-3-5-7/h1-5H,6H2,(H,17,18). The monoisotopic (exact) mass is 303 g/mol. The quantitative estimate of drug-likeness (QED) is 0.873. The fourth-order valence-electron chi connectivity index (χ4n) is 1.42. The number of hydrogen-bond donors (Lipinski definition) is 1. The summed E-state index contributed by atoms with van der Waals surface area (Å²) in [5, 5.41) is 8.36. The average Bonchev–Trinajstić information content (AvgIpc) is 2.82. The third-order valence-corrected chi connectivity index (χ3v) is 3.17. The van der Waals surface area contributed by atoms with E-state index in [0.717, 1.165) is 17.3 Å². The zero-order valence-electron chi connectivity index (χ0n) is 9.85. The molecule has 0 fully saturated rings. The summed E-state index contributed by atoms with van der Waals surface area (Å²) in [4.78, 5) is 13.9. The number of alkyl halides is 3. The van der Waals surface area contributed by atoms with Crippen LogP contribution in [0.1, 0.15) is 21.8 Å². The van der Waals surface area contributed by atoms with Crippen molar-refractivity contribution < 1.29 is 27.5 Å². The summed E-state index contributed by atoms with van der Waals surface area (Å²) in [5.41, 5.74) is -0.651. The number of hydrogen-bond acceptors (Lipinski definition) is 4. The molecule has 106 valence electrons. The van der Waals surface area contributed by atoms with Crippen LogP contribution < -0.4 is 0 Å². The minimum absolute atomic E-state index is 0.321.